The van der Waals surface area contributed by atoms with Crippen molar-refractivity contribution in [3.63, 3.8) is 0 Å². The Labute approximate surface area is 328 Å². The Balaban J connectivity index is 0.000000435. The molecule has 1 aromatic heterocycles. The second-order valence-electron chi connectivity index (χ2n) is 13.8. The maximum Gasteiger partial charge on any atom is 0.119 e. The molecule has 0 spiro atoms. The van der Waals surface area contributed by atoms with Crippen molar-refractivity contribution >= 4 is 27.9 Å². The zero-order valence-corrected chi connectivity index (χ0v) is 33.9. The van der Waals surface area contributed by atoms with Gasteiger partial charge in [0.2, 0.25) is 0 Å². The van der Waals surface area contributed by atoms with Crippen molar-refractivity contribution in [1.29, 1.82) is 0 Å². The molecule has 54 heavy (non-hydrogen) atoms. The SMILES string of the molecule is C.C=C(C)c1ccc(COc2ccc(CC(NC)C(C)=N/C(=C\C)c3ccc(C)cc3C)cc2)cc1.C=CCc1cn(C)c2ccccc12.CCCCC. The number of aliphatic imine (C=N–C) groups is 1. The van der Waals surface area contributed by atoms with Crippen LogP contribution < -0.4 is 10.1 Å². The maximum absolute atomic E-state index is 5.99. The molecule has 1 atom stereocenters. The Morgan fingerprint density at radius 2 is 1.56 bits per heavy atom. The summed E-state index contributed by atoms with van der Waals surface area (Å²) in [5.74, 6) is 0.871. The number of unbranched alkanes of at least 4 members (excludes halogenated alkanes) is 2. The maximum atomic E-state index is 5.99. The standard InChI is InChI=1S/C32H38N2O.C12H13N.C5H12.CH4/c1-8-31(30-18-9-23(4)19-24(30)5)34-25(6)32(33-7)20-26-12-16-29(17-13-26)35-21-27-10-14-28(15-11-27)22(2)3;1-3-6-10-9-13(2)12-8-5-4-7-11(10)12;1-3-5-4-2;/h8-19,32-33H,2,20-21H2,1,3-7H3;3-5,7-9H,1,6H2,2H3;3-5H2,1-2H3;1H4/b31-8-,34-25?;;;. The molecule has 1 N–H and O–H groups in total. The van der Waals surface area contributed by atoms with E-state index in [1.807, 2.05) is 39.1 Å². The molecule has 4 heteroatoms. The summed E-state index contributed by atoms with van der Waals surface area (Å²) >= 11 is 0. The van der Waals surface area contributed by atoms with Crippen LogP contribution in [0.3, 0.4) is 0 Å². The second-order valence-corrected chi connectivity index (χ2v) is 13.8. The Morgan fingerprint density at radius 1 is 0.907 bits per heavy atom. The van der Waals surface area contributed by atoms with Crippen LogP contribution in [-0.2, 0) is 26.5 Å². The van der Waals surface area contributed by atoms with Gasteiger partial charge in [-0.3, -0.25) is 4.99 Å². The van der Waals surface area contributed by atoms with Crippen LogP contribution in [0.4, 0.5) is 0 Å². The van der Waals surface area contributed by atoms with Crippen molar-refractivity contribution < 1.29 is 4.74 Å². The number of para-hydroxylation sites is 1. The lowest BCUT2D eigenvalue weighted by Gasteiger charge is -2.18. The Morgan fingerprint density at radius 3 is 2.11 bits per heavy atom. The third kappa shape index (κ3) is 13.8. The molecule has 0 fully saturated rings. The molecule has 4 aromatic carbocycles. The lowest BCUT2D eigenvalue weighted by molar-refractivity contribution is 0.306. The van der Waals surface area contributed by atoms with Gasteiger partial charge in [0.05, 0.1) is 5.70 Å². The van der Waals surface area contributed by atoms with Crippen LogP contribution in [0.25, 0.3) is 22.2 Å². The summed E-state index contributed by atoms with van der Waals surface area (Å²) in [5, 5.41) is 4.77. The number of ether oxygens (including phenoxy) is 1. The minimum absolute atomic E-state index is 0. The van der Waals surface area contributed by atoms with Gasteiger partial charge >= 0.3 is 0 Å². The van der Waals surface area contributed by atoms with Crippen molar-refractivity contribution in [3.05, 3.63) is 161 Å². The molecular formula is C50H67N3O. The summed E-state index contributed by atoms with van der Waals surface area (Å²) in [6.07, 6.45) is 12.1. The van der Waals surface area contributed by atoms with E-state index in [1.54, 1.807) is 0 Å². The fourth-order valence-corrected chi connectivity index (χ4v) is 6.21. The first-order chi connectivity index (χ1) is 25.5. The molecule has 0 aliphatic carbocycles. The number of fused-ring (bicyclic) bond motifs is 1. The molecule has 5 rings (SSSR count). The summed E-state index contributed by atoms with van der Waals surface area (Å²) in [5.41, 5.74) is 13.0. The molecule has 288 valence electrons. The average Bonchev–Trinajstić information content (AvgIpc) is 3.48. The van der Waals surface area contributed by atoms with E-state index in [2.05, 4.69) is 156 Å². The summed E-state index contributed by atoms with van der Waals surface area (Å²) in [6.45, 7) is 23.2. The molecule has 0 radical (unpaired) electrons. The number of benzene rings is 4. The summed E-state index contributed by atoms with van der Waals surface area (Å²) in [7, 11) is 4.07. The van der Waals surface area contributed by atoms with Crippen LogP contribution in [0.1, 0.15) is 100 Å². The quantitative estimate of drug-likeness (QED) is 0.0914. The summed E-state index contributed by atoms with van der Waals surface area (Å²) in [4.78, 5) is 5.01. The highest BCUT2D eigenvalue weighted by molar-refractivity contribution is 5.92. The monoisotopic (exact) mass is 726 g/mol. The van der Waals surface area contributed by atoms with Gasteiger partial charge in [-0.05, 0) is 101 Å². The number of aryl methyl sites for hydroxylation is 3. The van der Waals surface area contributed by atoms with E-state index in [1.165, 1.54) is 58.0 Å². The van der Waals surface area contributed by atoms with Gasteiger partial charge in [-0.2, -0.15) is 0 Å². The van der Waals surface area contributed by atoms with Crippen LogP contribution in [0.2, 0.25) is 0 Å². The predicted molar refractivity (Wildman–Crippen MR) is 240 cm³/mol. The van der Waals surface area contributed by atoms with E-state index in [9.17, 15) is 0 Å². The molecule has 0 aliphatic rings. The highest BCUT2D eigenvalue weighted by Crippen LogP contribution is 2.23. The lowest BCUT2D eigenvalue weighted by atomic mass is 10.0. The molecule has 4 nitrogen and oxygen atoms in total. The molecule has 0 saturated carbocycles. The van der Waals surface area contributed by atoms with E-state index in [-0.39, 0.29) is 13.5 Å². The second kappa shape index (κ2) is 23.7. The number of likely N-dealkylation sites (N-methyl/N-ethyl adjacent to an activating group) is 1. The van der Waals surface area contributed by atoms with Gasteiger partial charge in [0.1, 0.15) is 12.4 Å². The van der Waals surface area contributed by atoms with Gasteiger partial charge in [0.15, 0.2) is 0 Å². The van der Waals surface area contributed by atoms with Crippen LogP contribution in [0, 0.1) is 13.8 Å². The summed E-state index contributed by atoms with van der Waals surface area (Å²) < 4.78 is 8.15. The topological polar surface area (TPSA) is 38.5 Å². The number of nitrogens with one attached hydrogen (secondary N) is 1. The minimum Gasteiger partial charge on any atom is -0.489 e. The Bertz CT molecular complexity index is 1940. The molecule has 0 bridgehead atoms. The smallest absolute Gasteiger partial charge is 0.119 e. The molecule has 1 heterocycles. The van der Waals surface area contributed by atoms with Gasteiger partial charge in [-0.15, -0.1) is 6.58 Å². The van der Waals surface area contributed by atoms with Crippen molar-refractivity contribution in [1.82, 2.24) is 9.88 Å². The van der Waals surface area contributed by atoms with E-state index in [0.29, 0.717) is 6.61 Å². The first-order valence-corrected chi connectivity index (χ1v) is 19.1. The van der Waals surface area contributed by atoms with E-state index >= 15 is 0 Å². The zero-order chi connectivity index (χ0) is 38.8. The summed E-state index contributed by atoms with van der Waals surface area (Å²) in [6, 6.07) is 31.8. The lowest BCUT2D eigenvalue weighted by Crippen LogP contribution is -2.34. The third-order valence-corrected chi connectivity index (χ3v) is 9.35. The Kier molecular flexibility index (Phi) is 19.8. The molecule has 0 amide bonds. The Hall–Kier alpha value is -4.93. The van der Waals surface area contributed by atoms with Crippen molar-refractivity contribution in [2.24, 2.45) is 12.0 Å². The van der Waals surface area contributed by atoms with Crippen molar-refractivity contribution in [2.45, 2.75) is 101 Å². The molecule has 0 saturated heterocycles. The fourth-order valence-electron chi connectivity index (χ4n) is 6.21. The predicted octanol–water partition coefficient (Wildman–Crippen LogP) is 13.3. The zero-order valence-electron chi connectivity index (χ0n) is 33.9. The van der Waals surface area contributed by atoms with Gasteiger partial charge < -0.3 is 14.6 Å². The first kappa shape index (κ1) is 45.2. The fraction of sp³-hybridized carbons (Fsp3) is 0.340. The number of rotatable bonds is 14. The average molecular weight is 726 g/mol. The number of nitrogens with zero attached hydrogens (tertiary/aromatic N) is 2. The third-order valence-electron chi connectivity index (χ3n) is 9.35. The van der Waals surface area contributed by atoms with Crippen molar-refractivity contribution in [2.75, 3.05) is 7.05 Å². The van der Waals surface area contributed by atoms with Crippen LogP contribution in [0.5, 0.6) is 5.75 Å². The number of hydrogen-bond acceptors (Lipinski definition) is 3. The number of aromatic nitrogens is 1. The molecule has 5 aromatic rings. The molecular weight excluding hydrogens is 659 g/mol. The van der Waals surface area contributed by atoms with Gasteiger partial charge in [0.25, 0.3) is 0 Å². The largest absolute Gasteiger partial charge is 0.489 e. The highest BCUT2D eigenvalue weighted by Gasteiger charge is 2.13. The van der Waals surface area contributed by atoms with Gasteiger partial charge in [0, 0.05) is 41.5 Å². The van der Waals surface area contributed by atoms with Crippen molar-refractivity contribution in [3.8, 4) is 5.75 Å². The first-order valence-electron chi connectivity index (χ1n) is 19.1. The van der Waals surface area contributed by atoms with Crippen LogP contribution >= 0.6 is 0 Å². The van der Waals surface area contributed by atoms with Crippen LogP contribution in [0.15, 0.2) is 127 Å². The van der Waals surface area contributed by atoms with E-state index in [0.717, 1.165) is 46.7 Å². The van der Waals surface area contributed by atoms with Gasteiger partial charge in [-0.1, -0.05) is 143 Å². The number of hydrogen-bond donors (Lipinski definition) is 1. The van der Waals surface area contributed by atoms with E-state index in [4.69, 9.17) is 9.73 Å². The van der Waals surface area contributed by atoms with Crippen LogP contribution in [-0.4, -0.2) is 23.4 Å². The highest BCUT2D eigenvalue weighted by atomic mass is 16.5. The molecule has 1 unspecified atom stereocenters. The minimum atomic E-state index is 0. The molecule has 0 aliphatic heterocycles. The van der Waals surface area contributed by atoms with Gasteiger partial charge in [-0.25, -0.2) is 0 Å². The van der Waals surface area contributed by atoms with E-state index < -0.39 is 0 Å². The normalized spacial score (nSPS) is 11.7. The number of allylic oxidation sites excluding steroid dienone is 3.